The molecule has 0 bridgehead atoms. The predicted octanol–water partition coefficient (Wildman–Crippen LogP) is 4.57. The van der Waals surface area contributed by atoms with Crippen LogP contribution in [0.15, 0.2) is 6.07 Å². The molecule has 0 atom stereocenters. The fourth-order valence-corrected chi connectivity index (χ4v) is 4.31. The highest BCUT2D eigenvalue weighted by atomic mass is 32.1. The van der Waals surface area contributed by atoms with E-state index in [9.17, 15) is 0 Å². The summed E-state index contributed by atoms with van der Waals surface area (Å²) >= 11 is 1.96. The van der Waals surface area contributed by atoms with E-state index in [0.717, 1.165) is 19.0 Å². The van der Waals surface area contributed by atoms with Gasteiger partial charge in [-0.2, -0.15) is 0 Å². The predicted molar refractivity (Wildman–Crippen MR) is 93.9 cm³/mol. The van der Waals surface area contributed by atoms with E-state index in [0.29, 0.717) is 6.04 Å². The van der Waals surface area contributed by atoms with E-state index in [4.69, 9.17) is 0 Å². The van der Waals surface area contributed by atoms with Crippen LogP contribution in [0.1, 0.15) is 61.3 Å². The van der Waals surface area contributed by atoms with Crippen LogP contribution in [0, 0.1) is 12.8 Å². The van der Waals surface area contributed by atoms with Crippen LogP contribution in [-0.2, 0) is 13.1 Å². The summed E-state index contributed by atoms with van der Waals surface area (Å²) in [5.41, 5.74) is 1.53. The van der Waals surface area contributed by atoms with Crippen molar-refractivity contribution in [2.75, 3.05) is 13.6 Å². The second kappa shape index (κ2) is 8.30. The van der Waals surface area contributed by atoms with Crippen molar-refractivity contribution in [1.29, 1.82) is 0 Å². The lowest BCUT2D eigenvalue weighted by molar-refractivity contribution is 0.228. The summed E-state index contributed by atoms with van der Waals surface area (Å²) in [7, 11) is 2.29. The van der Waals surface area contributed by atoms with Crippen LogP contribution in [0.25, 0.3) is 0 Å². The van der Waals surface area contributed by atoms with E-state index in [1.54, 1.807) is 0 Å². The molecule has 0 aliphatic heterocycles. The first-order valence-corrected chi connectivity index (χ1v) is 9.36. The van der Waals surface area contributed by atoms with Gasteiger partial charge >= 0.3 is 0 Å². The highest BCUT2D eigenvalue weighted by Crippen LogP contribution is 2.26. The first-order valence-electron chi connectivity index (χ1n) is 8.54. The Bertz CT molecular complexity index is 419. The van der Waals surface area contributed by atoms with Crippen LogP contribution in [0.4, 0.5) is 0 Å². The first-order chi connectivity index (χ1) is 10.0. The molecule has 1 aromatic rings. The average molecular weight is 309 g/mol. The monoisotopic (exact) mass is 308 g/mol. The minimum absolute atomic E-state index is 0.560. The van der Waals surface area contributed by atoms with Crippen molar-refractivity contribution in [3.63, 3.8) is 0 Å². The quantitative estimate of drug-likeness (QED) is 0.794. The standard InChI is InChI=1S/C18H32N2S/c1-14(2)19-11-18-10-17(15(3)21-18)13-20(4)12-16-8-6-5-7-9-16/h10,14,16,19H,5-9,11-13H2,1-4H3. The van der Waals surface area contributed by atoms with Crippen LogP contribution in [-0.4, -0.2) is 24.5 Å². The van der Waals surface area contributed by atoms with E-state index in [-0.39, 0.29) is 0 Å². The maximum absolute atomic E-state index is 3.52. The molecule has 0 amide bonds. The summed E-state index contributed by atoms with van der Waals surface area (Å²) < 4.78 is 0. The Morgan fingerprint density at radius 2 is 2.00 bits per heavy atom. The molecule has 0 spiro atoms. The number of aryl methyl sites for hydroxylation is 1. The van der Waals surface area contributed by atoms with Gasteiger partial charge in [-0.1, -0.05) is 33.1 Å². The number of hydrogen-bond acceptors (Lipinski definition) is 3. The van der Waals surface area contributed by atoms with Crippen molar-refractivity contribution in [1.82, 2.24) is 10.2 Å². The number of nitrogens with zero attached hydrogens (tertiary/aromatic N) is 1. The lowest BCUT2D eigenvalue weighted by atomic mass is 9.89. The lowest BCUT2D eigenvalue weighted by Crippen LogP contribution is -2.26. The summed E-state index contributed by atoms with van der Waals surface area (Å²) in [6, 6.07) is 2.97. The van der Waals surface area contributed by atoms with Crippen molar-refractivity contribution in [3.8, 4) is 0 Å². The molecule has 120 valence electrons. The minimum Gasteiger partial charge on any atom is -0.310 e. The van der Waals surface area contributed by atoms with Crippen molar-refractivity contribution < 1.29 is 0 Å². The zero-order valence-corrected chi connectivity index (χ0v) is 15.1. The maximum atomic E-state index is 3.52. The smallest absolute Gasteiger partial charge is 0.0302 e. The van der Waals surface area contributed by atoms with E-state index in [1.165, 1.54) is 54.0 Å². The molecular formula is C18H32N2S. The molecule has 0 saturated heterocycles. The molecule has 3 heteroatoms. The first kappa shape index (κ1) is 17.0. The third-order valence-electron chi connectivity index (χ3n) is 4.49. The highest BCUT2D eigenvalue weighted by molar-refractivity contribution is 7.12. The molecule has 0 radical (unpaired) electrons. The van der Waals surface area contributed by atoms with E-state index >= 15 is 0 Å². The molecule has 0 aromatic carbocycles. The zero-order valence-electron chi connectivity index (χ0n) is 14.2. The summed E-state index contributed by atoms with van der Waals surface area (Å²) in [4.78, 5) is 5.50. The van der Waals surface area contributed by atoms with Gasteiger partial charge in [-0.3, -0.25) is 0 Å². The Balaban J connectivity index is 1.83. The molecule has 1 aliphatic rings. The molecule has 1 fully saturated rings. The molecule has 21 heavy (non-hydrogen) atoms. The van der Waals surface area contributed by atoms with Gasteiger partial charge in [-0.15, -0.1) is 11.3 Å². The van der Waals surface area contributed by atoms with Crippen molar-refractivity contribution in [2.45, 2.75) is 72.0 Å². The van der Waals surface area contributed by atoms with Gasteiger partial charge in [-0.05, 0) is 44.4 Å². The third-order valence-corrected chi connectivity index (χ3v) is 5.58. The fourth-order valence-electron chi connectivity index (χ4n) is 3.30. The van der Waals surface area contributed by atoms with E-state index in [2.05, 4.69) is 44.1 Å². The van der Waals surface area contributed by atoms with Gasteiger partial charge < -0.3 is 10.2 Å². The molecule has 1 aromatic heterocycles. The Labute approximate surface area is 134 Å². The molecule has 2 rings (SSSR count). The Kier molecular flexibility index (Phi) is 6.72. The number of thiophene rings is 1. The molecule has 1 N–H and O–H groups in total. The van der Waals surface area contributed by atoms with Crippen LogP contribution >= 0.6 is 11.3 Å². The number of nitrogens with one attached hydrogen (secondary N) is 1. The number of rotatable bonds is 7. The lowest BCUT2D eigenvalue weighted by Gasteiger charge is -2.27. The van der Waals surface area contributed by atoms with Crippen molar-refractivity contribution in [3.05, 3.63) is 21.4 Å². The van der Waals surface area contributed by atoms with Gasteiger partial charge in [0.15, 0.2) is 0 Å². The van der Waals surface area contributed by atoms with Gasteiger partial charge in [0.1, 0.15) is 0 Å². The second-order valence-corrected chi connectivity index (χ2v) is 8.37. The Hall–Kier alpha value is -0.380. The van der Waals surface area contributed by atoms with E-state index in [1.807, 2.05) is 11.3 Å². The Morgan fingerprint density at radius 3 is 2.67 bits per heavy atom. The van der Waals surface area contributed by atoms with Crippen LogP contribution in [0.2, 0.25) is 0 Å². The van der Waals surface area contributed by atoms with Gasteiger partial charge in [0, 0.05) is 35.4 Å². The van der Waals surface area contributed by atoms with Crippen molar-refractivity contribution >= 4 is 11.3 Å². The summed E-state index contributed by atoms with van der Waals surface area (Å²) in [5, 5.41) is 3.52. The average Bonchev–Trinajstić information content (AvgIpc) is 2.78. The molecule has 0 unspecified atom stereocenters. The topological polar surface area (TPSA) is 15.3 Å². The molecule has 1 saturated carbocycles. The normalized spacial score (nSPS) is 17.0. The molecular weight excluding hydrogens is 276 g/mol. The maximum Gasteiger partial charge on any atom is 0.0302 e. The third kappa shape index (κ3) is 5.72. The molecule has 1 aliphatic carbocycles. The number of hydrogen-bond donors (Lipinski definition) is 1. The van der Waals surface area contributed by atoms with E-state index < -0.39 is 0 Å². The van der Waals surface area contributed by atoms with Crippen molar-refractivity contribution in [2.24, 2.45) is 5.92 Å². The summed E-state index contributed by atoms with van der Waals surface area (Å²) in [5.74, 6) is 0.935. The second-order valence-electron chi connectivity index (χ2n) is 7.03. The van der Waals surface area contributed by atoms with Gasteiger partial charge in [0.2, 0.25) is 0 Å². The van der Waals surface area contributed by atoms with Crippen LogP contribution < -0.4 is 5.32 Å². The van der Waals surface area contributed by atoms with Gasteiger partial charge in [0.25, 0.3) is 0 Å². The summed E-state index contributed by atoms with van der Waals surface area (Å²) in [6.45, 7) is 10.1. The Morgan fingerprint density at radius 1 is 1.29 bits per heavy atom. The minimum atomic E-state index is 0.560. The molecule has 1 heterocycles. The molecule has 2 nitrogen and oxygen atoms in total. The van der Waals surface area contributed by atoms with Gasteiger partial charge in [-0.25, -0.2) is 0 Å². The highest BCUT2D eigenvalue weighted by Gasteiger charge is 2.16. The SMILES string of the molecule is Cc1sc(CNC(C)C)cc1CN(C)CC1CCCCC1. The fraction of sp³-hybridized carbons (Fsp3) is 0.778. The summed E-state index contributed by atoms with van der Waals surface area (Å²) in [6.07, 6.45) is 7.23. The largest absolute Gasteiger partial charge is 0.310 e. The van der Waals surface area contributed by atoms with Crippen LogP contribution in [0.5, 0.6) is 0 Å². The van der Waals surface area contributed by atoms with Gasteiger partial charge in [0.05, 0.1) is 0 Å². The zero-order chi connectivity index (χ0) is 15.2. The van der Waals surface area contributed by atoms with Crippen LogP contribution in [0.3, 0.4) is 0 Å².